The molecular formula is C8H11N5S2. The molecule has 15 heavy (non-hydrogen) atoms. The molecule has 2 heterocycles. The zero-order chi connectivity index (χ0) is 10.8. The lowest BCUT2D eigenvalue weighted by Gasteiger charge is -2.04. The van der Waals surface area contributed by atoms with Crippen molar-refractivity contribution < 1.29 is 0 Å². The van der Waals surface area contributed by atoms with E-state index in [-0.39, 0.29) is 0 Å². The number of aromatic nitrogens is 3. The summed E-state index contributed by atoms with van der Waals surface area (Å²) in [5.74, 6) is 0. The number of rotatable bonds is 3. The van der Waals surface area contributed by atoms with E-state index in [1.165, 1.54) is 11.3 Å². The van der Waals surface area contributed by atoms with Gasteiger partial charge < -0.3 is 10.6 Å². The van der Waals surface area contributed by atoms with Crippen LogP contribution >= 0.6 is 22.7 Å². The van der Waals surface area contributed by atoms with Gasteiger partial charge in [0.05, 0.1) is 4.88 Å². The first-order chi connectivity index (χ1) is 7.15. The molecule has 0 aliphatic carbocycles. The van der Waals surface area contributed by atoms with Crippen LogP contribution in [0.15, 0.2) is 6.20 Å². The number of hydrogen-bond donors (Lipinski definition) is 1. The summed E-state index contributed by atoms with van der Waals surface area (Å²) < 4.78 is 0. The number of anilines is 1. The molecule has 2 aromatic rings. The summed E-state index contributed by atoms with van der Waals surface area (Å²) in [7, 11) is 4.04. The number of thiazole rings is 1. The van der Waals surface area contributed by atoms with E-state index in [9.17, 15) is 0 Å². The maximum Gasteiger partial charge on any atom is 0.203 e. The highest BCUT2D eigenvalue weighted by atomic mass is 32.1. The molecule has 2 aromatic heterocycles. The van der Waals surface area contributed by atoms with Crippen LogP contribution in [0.2, 0.25) is 0 Å². The Kier molecular flexibility index (Phi) is 2.94. The van der Waals surface area contributed by atoms with Crippen molar-refractivity contribution in [2.75, 3.05) is 19.8 Å². The summed E-state index contributed by atoms with van der Waals surface area (Å²) in [6.45, 7) is 0.846. The minimum Gasteiger partial charge on any atom is -0.374 e. The molecule has 0 fully saturated rings. The van der Waals surface area contributed by atoms with Crippen molar-refractivity contribution in [3.8, 4) is 9.88 Å². The Labute approximate surface area is 95.6 Å². The van der Waals surface area contributed by atoms with Crippen LogP contribution in [0.1, 0.15) is 5.01 Å². The van der Waals surface area contributed by atoms with E-state index in [0.29, 0.717) is 5.13 Å². The Hall–Kier alpha value is -1.05. The van der Waals surface area contributed by atoms with Crippen LogP contribution in [0.3, 0.4) is 0 Å². The number of hydrogen-bond acceptors (Lipinski definition) is 7. The van der Waals surface area contributed by atoms with Crippen LogP contribution < -0.4 is 5.73 Å². The van der Waals surface area contributed by atoms with Crippen LogP contribution in [-0.2, 0) is 6.54 Å². The minimum atomic E-state index is 0.493. The second-order valence-electron chi connectivity index (χ2n) is 3.30. The van der Waals surface area contributed by atoms with Crippen molar-refractivity contribution in [3.05, 3.63) is 11.2 Å². The van der Waals surface area contributed by atoms with Gasteiger partial charge in [0, 0.05) is 12.7 Å². The molecule has 5 nitrogen and oxygen atoms in total. The van der Waals surface area contributed by atoms with Gasteiger partial charge in [0.15, 0.2) is 5.01 Å². The van der Waals surface area contributed by atoms with E-state index >= 15 is 0 Å². The van der Waals surface area contributed by atoms with Gasteiger partial charge in [-0.05, 0) is 14.1 Å². The maximum absolute atomic E-state index is 5.52. The predicted octanol–water partition coefficient (Wildman–Crippen LogP) is 1.31. The predicted molar refractivity (Wildman–Crippen MR) is 62.8 cm³/mol. The molecule has 0 bridgehead atoms. The van der Waals surface area contributed by atoms with E-state index in [0.717, 1.165) is 21.4 Å². The lowest BCUT2D eigenvalue weighted by Crippen LogP contribution is -2.09. The van der Waals surface area contributed by atoms with Crippen molar-refractivity contribution in [1.82, 2.24) is 20.1 Å². The average Bonchev–Trinajstić information content (AvgIpc) is 2.72. The van der Waals surface area contributed by atoms with Gasteiger partial charge in [0.25, 0.3) is 0 Å². The highest BCUT2D eigenvalue weighted by Crippen LogP contribution is 2.29. The van der Waals surface area contributed by atoms with E-state index in [2.05, 4.69) is 20.1 Å². The van der Waals surface area contributed by atoms with Crippen molar-refractivity contribution >= 4 is 27.8 Å². The van der Waals surface area contributed by atoms with Crippen molar-refractivity contribution in [3.63, 3.8) is 0 Å². The largest absolute Gasteiger partial charge is 0.374 e. The summed E-state index contributed by atoms with van der Waals surface area (Å²) in [6.07, 6.45) is 1.82. The molecule has 2 N–H and O–H groups in total. The first-order valence-electron chi connectivity index (χ1n) is 4.34. The Morgan fingerprint density at radius 1 is 1.33 bits per heavy atom. The number of nitrogen functional groups attached to an aromatic ring is 1. The Morgan fingerprint density at radius 3 is 2.73 bits per heavy atom. The van der Waals surface area contributed by atoms with Crippen LogP contribution in [-0.4, -0.2) is 34.2 Å². The van der Waals surface area contributed by atoms with Crippen LogP contribution in [0, 0.1) is 0 Å². The molecule has 2 rings (SSSR count). The molecule has 0 spiro atoms. The molecule has 0 unspecified atom stereocenters. The number of nitrogens with two attached hydrogens (primary N) is 1. The topological polar surface area (TPSA) is 67.9 Å². The first-order valence-corrected chi connectivity index (χ1v) is 5.97. The summed E-state index contributed by atoms with van der Waals surface area (Å²) in [6, 6.07) is 0. The standard InChI is InChI=1S/C8H11N5S2/c1-13(2)4-6-10-3-5(14-6)7-11-12-8(9)15-7/h3H,4H2,1-2H3,(H2,9,12). The molecule has 7 heteroatoms. The van der Waals surface area contributed by atoms with Gasteiger partial charge >= 0.3 is 0 Å². The quantitative estimate of drug-likeness (QED) is 0.877. The summed E-state index contributed by atoms with van der Waals surface area (Å²) in [4.78, 5) is 7.43. The Bertz CT molecular complexity index is 447. The lowest BCUT2D eigenvalue weighted by atomic mass is 10.6. The van der Waals surface area contributed by atoms with Crippen LogP contribution in [0.5, 0.6) is 0 Å². The smallest absolute Gasteiger partial charge is 0.203 e. The molecular weight excluding hydrogens is 230 g/mol. The Balaban J connectivity index is 2.20. The third-order valence-electron chi connectivity index (χ3n) is 1.66. The van der Waals surface area contributed by atoms with Crippen molar-refractivity contribution in [2.24, 2.45) is 0 Å². The minimum absolute atomic E-state index is 0.493. The highest BCUT2D eigenvalue weighted by Gasteiger charge is 2.09. The fourth-order valence-corrected chi connectivity index (χ4v) is 2.77. The molecule has 0 aliphatic heterocycles. The molecule has 80 valence electrons. The van der Waals surface area contributed by atoms with Crippen LogP contribution in [0.25, 0.3) is 9.88 Å². The van der Waals surface area contributed by atoms with Gasteiger partial charge in [-0.15, -0.1) is 21.5 Å². The second-order valence-corrected chi connectivity index (χ2v) is 5.43. The zero-order valence-electron chi connectivity index (χ0n) is 8.47. The van der Waals surface area contributed by atoms with Gasteiger partial charge in [0.1, 0.15) is 5.01 Å². The van der Waals surface area contributed by atoms with Gasteiger partial charge in [-0.3, -0.25) is 0 Å². The summed E-state index contributed by atoms with van der Waals surface area (Å²) in [5, 5.41) is 10.2. The van der Waals surface area contributed by atoms with Gasteiger partial charge in [-0.2, -0.15) is 0 Å². The van der Waals surface area contributed by atoms with Crippen molar-refractivity contribution in [1.29, 1.82) is 0 Å². The first kappa shape index (κ1) is 10.5. The molecule has 0 saturated heterocycles. The monoisotopic (exact) mass is 241 g/mol. The van der Waals surface area contributed by atoms with Crippen LogP contribution in [0.4, 0.5) is 5.13 Å². The lowest BCUT2D eigenvalue weighted by molar-refractivity contribution is 0.401. The summed E-state index contributed by atoms with van der Waals surface area (Å²) >= 11 is 3.01. The van der Waals surface area contributed by atoms with Gasteiger partial charge in [-0.25, -0.2) is 4.98 Å². The maximum atomic E-state index is 5.52. The second kappa shape index (κ2) is 4.21. The van der Waals surface area contributed by atoms with E-state index < -0.39 is 0 Å². The fraction of sp³-hybridized carbons (Fsp3) is 0.375. The molecule has 0 saturated carbocycles. The van der Waals surface area contributed by atoms with E-state index in [1.807, 2.05) is 20.3 Å². The van der Waals surface area contributed by atoms with E-state index in [4.69, 9.17) is 5.73 Å². The number of nitrogens with zero attached hydrogens (tertiary/aromatic N) is 4. The third kappa shape index (κ3) is 2.49. The molecule has 0 aromatic carbocycles. The van der Waals surface area contributed by atoms with Gasteiger partial charge in [-0.1, -0.05) is 11.3 Å². The SMILES string of the molecule is CN(C)Cc1ncc(-c2nnc(N)s2)s1. The zero-order valence-corrected chi connectivity index (χ0v) is 10.1. The average molecular weight is 241 g/mol. The van der Waals surface area contributed by atoms with Crippen molar-refractivity contribution in [2.45, 2.75) is 6.54 Å². The van der Waals surface area contributed by atoms with E-state index in [1.54, 1.807) is 11.3 Å². The molecule has 0 radical (unpaired) electrons. The molecule has 0 amide bonds. The highest BCUT2D eigenvalue weighted by molar-refractivity contribution is 7.23. The Morgan fingerprint density at radius 2 is 2.13 bits per heavy atom. The van der Waals surface area contributed by atoms with Gasteiger partial charge in [0.2, 0.25) is 5.13 Å². The molecule has 0 atom stereocenters. The fourth-order valence-electron chi connectivity index (χ4n) is 1.09. The third-order valence-corrected chi connectivity index (χ3v) is 3.56. The molecule has 0 aliphatic rings. The normalized spacial score (nSPS) is 11.1. The summed E-state index contributed by atoms with van der Waals surface area (Å²) in [5.41, 5.74) is 5.52.